The Morgan fingerprint density at radius 1 is 1.24 bits per heavy atom. The van der Waals surface area contributed by atoms with Gasteiger partial charge in [-0.2, -0.15) is 0 Å². The number of anilines is 2. The summed E-state index contributed by atoms with van der Waals surface area (Å²) in [5, 5.41) is 6.20. The molecule has 2 aromatic heterocycles. The van der Waals surface area contributed by atoms with Crippen LogP contribution in [0.15, 0.2) is 23.7 Å². The number of pyridine rings is 1. The van der Waals surface area contributed by atoms with Crippen molar-refractivity contribution >= 4 is 45.7 Å². The van der Waals surface area contributed by atoms with Gasteiger partial charge in [-0.15, -0.1) is 11.3 Å². The molecule has 0 saturated carbocycles. The van der Waals surface area contributed by atoms with E-state index in [9.17, 15) is 9.59 Å². The molecule has 0 aliphatic carbocycles. The Bertz CT molecular complexity index is 756. The summed E-state index contributed by atoms with van der Waals surface area (Å²) in [6, 6.07) is 3.51. The number of rotatable bonds is 4. The summed E-state index contributed by atoms with van der Waals surface area (Å²) in [7, 11) is 0. The molecule has 0 aromatic carbocycles. The zero-order valence-electron chi connectivity index (χ0n) is 13.7. The van der Waals surface area contributed by atoms with E-state index in [1.807, 2.05) is 5.38 Å². The molecule has 0 atom stereocenters. The Labute approximate surface area is 154 Å². The monoisotopic (exact) mass is 379 g/mol. The average Bonchev–Trinajstić information content (AvgIpc) is 3.04. The third kappa shape index (κ3) is 4.67. The van der Waals surface area contributed by atoms with Gasteiger partial charge in [0.2, 0.25) is 11.8 Å². The first-order valence-corrected chi connectivity index (χ1v) is 9.13. The summed E-state index contributed by atoms with van der Waals surface area (Å²) in [5.74, 6) is 0.736. The zero-order valence-corrected chi connectivity index (χ0v) is 15.3. The Morgan fingerprint density at radius 3 is 2.60 bits per heavy atom. The molecular formula is C16H18ClN5O2S. The van der Waals surface area contributed by atoms with Crippen LogP contribution in [0, 0.1) is 0 Å². The quantitative estimate of drug-likeness (QED) is 0.880. The minimum absolute atomic E-state index is 0.0321. The third-order valence-corrected chi connectivity index (χ3v) is 4.95. The van der Waals surface area contributed by atoms with Crippen LogP contribution >= 0.6 is 22.9 Å². The van der Waals surface area contributed by atoms with Crippen molar-refractivity contribution in [3.8, 4) is 0 Å². The van der Waals surface area contributed by atoms with Crippen LogP contribution in [-0.2, 0) is 16.0 Å². The van der Waals surface area contributed by atoms with Crippen molar-refractivity contribution in [2.75, 3.05) is 31.5 Å². The Morgan fingerprint density at radius 2 is 1.96 bits per heavy atom. The van der Waals surface area contributed by atoms with E-state index in [1.54, 1.807) is 35.1 Å². The number of nitrogens with one attached hydrogen (secondary N) is 1. The molecule has 0 bridgehead atoms. The van der Waals surface area contributed by atoms with E-state index in [2.05, 4.69) is 15.3 Å². The van der Waals surface area contributed by atoms with Gasteiger partial charge in [0.1, 0.15) is 5.82 Å². The fourth-order valence-corrected chi connectivity index (χ4v) is 3.37. The molecule has 1 saturated heterocycles. The van der Waals surface area contributed by atoms with E-state index in [0.29, 0.717) is 42.2 Å². The fourth-order valence-electron chi connectivity index (χ4n) is 2.54. The van der Waals surface area contributed by atoms with Crippen molar-refractivity contribution in [2.45, 2.75) is 13.3 Å². The summed E-state index contributed by atoms with van der Waals surface area (Å²) in [6.07, 6.45) is 1.81. The normalized spacial score (nSPS) is 14.5. The molecule has 9 heteroatoms. The zero-order chi connectivity index (χ0) is 17.8. The highest BCUT2D eigenvalue weighted by atomic mass is 35.5. The molecule has 3 heterocycles. The maximum atomic E-state index is 12.4. The second-order valence-corrected chi connectivity index (χ2v) is 6.99. The minimum atomic E-state index is 0.0321. The van der Waals surface area contributed by atoms with Crippen LogP contribution in [0.3, 0.4) is 0 Å². The maximum absolute atomic E-state index is 12.4. The topological polar surface area (TPSA) is 78.4 Å². The van der Waals surface area contributed by atoms with E-state index < -0.39 is 0 Å². The van der Waals surface area contributed by atoms with Crippen molar-refractivity contribution in [3.05, 3.63) is 34.4 Å². The molecular weight excluding hydrogens is 362 g/mol. The summed E-state index contributed by atoms with van der Waals surface area (Å²) in [6.45, 7) is 3.88. The smallest absolute Gasteiger partial charge is 0.228 e. The van der Waals surface area contributed by atoms with E-state index in [4.69, 9.17) is 11.6 Å². The van der Waals surface area contributed by atoms with Gasteiger partial charge < -0.3 is 15.1 Å². The number of hydrogen-bond donors (Lipinski definition) is 1. The SMILES string of the molecule is CC(=O)N1CCN(C(=O)Cc2csc(Nc3ccc(Cl)cn3)n2)CC1. The lowest BCUT2D eigenvalue weighted by Crippen LogP contribution is -2.50. The Hall–Kier alpha value is -2.19. The Balaban J connectivity index is 1.53. The third-order valence-electron chi connectivity index (χ3n) is 3.92. The molecule has 2 amide bonds. The number of amides is 2. The van der Waals surface area contributed by atoms with Crippen LogP contribution in [0.2, 0.25) is 5.02 Å². The van der Waals surface area contributed by atoms with Crippen LogP contribution in [-0.4, -0.2) is 57.8 Å². The lowest BCUT2D eigenvalue weighted by molar-refractivity contribution is -0.138. The number of halogens is 1. The van der Waals surface area contributed by atoms with Crippen LogP contribution < -0.4 is 5.32 Å². The molecule has 132 valence electrons. The second kappa shape index (κ2) is 7.79. The first kappa shape index (κ1) is 17.6. The summed E-state index contributed by atoms with van der Waals surface area (Å²) >= 11 is 7.23. The predicted molar refractivity (Wildman–Crippen MR) is 97.2 cm³/mol. The van der Waals surface area contributed by atoms with Crippen LogP contribution in [0.1, 0.15) is 12.6 Å². The highest BCUT2D eigenvalue weighted by Gasteiger charge is 2.22. The molecule has 1 aliphatic rings. The largest absolute Gasteiger partial charge is 0.339 e. The van der Waals surface area contributed by atoms with E-state index in [0.717, 1.165) is 5.69 Å². The van der Waals surface area contributed by atoms with Gasteiger partial charge in [-0.05, 0) is 12.1 Å². The van der Waals surface area contributed by atoms with Gasteiger partial charge >= 0.3 is 0 Å². The first-order valence-electron chi connectivity index (χ1n) is 7.87. The van der Waals surface area contributed by atoms with Gasteiger partial charge in [0.05, 0.1) is 17.1 Å². The molecule has 1 fully saturated rings. The molecule has 25 heavy (non-hydrogen) atoms. The van der Waals surface area contributed by atoms with Gasteiger partial charge in [0.25, 0.3) is 0 Å². The molecule has 2 aromatic rings. The van der Waals surface area contributed by atoms with Crippen molar-refractivity contribution in [2.24, 2.45) is 0 Å². The highest BCUT2D eigenvalue weighted by molar-refractivity contribution is 7.13. The van der Waals surface area contributed by atoms with Crippen molar-refractivity contribution in [1.29, 1.82) is 0 Å². The van der Waals surface area contributed by atoms with Gasteiger partial charge in [0.15, 0.2) is 5.13 Å². The molecule has 0 radical (unpaired) electrons. The van der Waals surface area contributed by atoms with Crippen molar-refractivity contribution in [1.82, 2.24) is 19.8 Å². The summed E-state index contributed by atoms with van der Waals surface area (Å²) < 4.78 is 0. The molecule has 0 unspecified atom stereocenters. The molecule has 7 nitrogen and oxygen atoms in total. The second-order valence-electron chi connectivity index (χ2n) is 5.69. The number of aromatic nitrogens is 2. The average molecular weight is 380 g/mol. The van der Waals surface area contributed by atoms with Crippen molar-refractivity contribution < 1.29 is 9.59 Å². The molecule has 1 N–H and O–H groups in total. The van der Waals surface area contributed by atoms with Gasteiger partial charge in [-0.25, -0.2) is 9.97 Å². The van der Waals surface area contributed by atoms with E-state index in [-0.39, 0.29) is 18.2 Å². The minimum Gasteiger partial charge on any atom is -0.339 e. The number of piperazine rings is 1. The van der Waals surface area contributed by atoms with Crippen LogP contribution in [0.25, 0.3) is 0 Å². The number of carbonyl (C=O) groups is 2. The summed E-state index contributed by atoms with van der Waals surface area (Å²) in [5.41, 5.74) is 0.723. The maximum Gasteiger partial charge on any atom is 0.228 e. The first-order chi connectivity index (χ1) is 12.0. The fraction of sp³-hybridized carbons (Fsp3) is 0.375. The summed E-state index contributed by atoms with van der Waals surface area (Å²) in [4.78, 5) is 35.8. The number of nitrogens with zero attached hydrogens (tertiary/aromatic N) is 4. The lowest BCUT2D eigenvalue weighted by Gasteiger charge is -2.34. The molecule has 1 aliphatic heterocycles. The number of thiazole rings is 1. The van der Waals surface area contributed by atoms with Crippen molar-refractivity contribution in [3.63, 3.8) is 0 Å². The number of hydrogen-bond acceptors (Lipinski definition) is 6. The molecule has 0 spiro atoms. The highest BCUT2D eigenvalue weighted by Crippen LogP contribution is 2.21. The van der Waals surface area contributed by atoms with Gasteiger partial charge in [-0.1, -0.05) is 11.6 Å². The Kier molecular flexibility index (Phi) is 5.50. The van der Waals surface area contributed by atoms with E-state index in [1.165, 1.54) is 11.3 Å². The lowest BCUT2D eigenvalue weighted by atomic mass is 10.2. The van der Waals surface area contributed by atoms with Gasteiger partial charge in [0, 0.05) is 44.7 Å². The van der Waals surface area contributed by atoms with Gasteiger partial charge in [-0.3, -0.25) is 9.59 Å². The van der Waals surface area contributed by atoms with E-state index >= 15 is 0 Å². The predicted octanol–water partition coefficient (Wildman–Crippen LogP) is 2.17. The van der Waals surface area contributed by atoms with Crippen LogP contribution in [0.4, 0.5) is 10.9 Å². The van der Waals surface area contributed by atoms with Crippen LogP contribution in [0.5, 0.6) is 0 Å². The standard InChI is InChI=1S/C16H18ClN5O2S/c1-11(23)21-4-6-22(7-5-21)15(24)8-13-10-25-16(19-13)20-14-3-2-12(17)9-18-14/h2-3,9-10H,4-8H2,1H3,(H,18,19,20). The molecule has 3 rings (SSSR count). The number of carbonyl (C=O) groups excluding carboxylic acids is 2.